The summed E-state index contributed by atoms with van der Waals surface area (Å²) in [6.07, 6.45) is 62.6. The van der Waals surface area contributed by atoms with Crippen molar-refractivity contribution in [2.45, 2.75) is 459 Å². The molecular weight excluding hydrogens is 1350 g/mol. The van der Waals surface area contributed by atoms with Crippen molar-refractivity contribution in [3.63, 3.8) is 0 Å². The van der Waals surface area contributed by atoms with E-state index >= 15 is 0 Å². The van der Waals surface area contributed by atoms with Crippen LogP contribution in [0.5, 0.6) is 0 Å². The highest BCUT2D eigenvalue weighted by Gasteiger charge is 2.30. The zero-order chi connectivity index (χ0) is 76.7. The molecule has 0 aliphatic heterocycles. The molecule has 17 nitrogen and oxygen atoms in total. The SMILES string of the molecule is CCC(C)CCCCCCCCCCCCCCCCCCCCC(=O)OC[C@H](COP(=O)(O)OCC(O)COP(=O)(O)OC[C@@H](COC(=O)CCCCCCCCCC(C)C)OC(=O)CCCCCCCCCCCCCCCCCC(C)C)OC(=O)CCCCCCCCCCCCCC(C)C. The molecule has 0 aromatic heterocycles. The van der Waals surface area contributed by atoms with Crippen molar-refractivity contribution in [1.82, 2.24) is 0 Å². The van der Waals surface area contributed by atoms with E-state index in [9.17, 15) is 43.2 Å². The minimum absolute atomic E-state index is 0.107. The van der Waals surface area contributed by atoms with Crippen LogP contribution >= 0.6 is 15.6 Å². The minimum Gasteiger partial charge on any atom is -0.462 e. The molecule has 0 aromatic carbocycles. The maximum absolute atomic E-state index is 13.1. The number of unbranched alkanes of at least 4 members (excludes halogenated alkanes) is 47. The zero-order valence-corrected chi connectivity index (χ0v) is 70.5. The van der Waals surface area contributed by atoms with Gasteiger partial charge in [-0.25, -0.2) is 9.13 Å². The van der Waals surface area contributed by atoms with E-state index in [1.165, 1.54) is 238 Å². The van der Waals surface area contributed by atoms with Gasteiger partial charge in [0, 0.05) is 25.7 Å². The monoisotopic (exact) mass is 1520 g/mol. The lowest BCUT2D eigenvalue weighted by Crippen LogP contribution is -2.30. The molecule has 0 fully saturated rings. The van der Waals surface area contributed by atoms with Gasteiger partial charge >= 0.3 is 39.5 Å². The standard InChI is InChI=1S/C85H166O17P2/c1-9-78(8)64-56-48-40-32-26-20-16-12-10-11-13-17-21-27-33-41-49-57-65-82(87)95-71-80(101-85(90)68-60-52-43-35-29-23-25-31-38-46-54-62-76(4)5)73-99-103(91,92)97-69-79(86)70-98-104(93,94)100-74-81(72-96-83(88)66-58-50-44-36-39-47-55-63-77(6)7)102-84(89)67-59-51-42-34-28-22-18-14-15-19-24-30-37-45-53-61-75(2)3/h75-81,86H,9-74H2,1-8H3,(H,91,92)(H,93,94)/t78?,79?,80-,81-/m1/s1. The first kappa shape index (κ1) is 102. The Kier molecular flexibility index (Phi) is 72.5. The molecule has 0 spiro atoms. The van der Waals surface area contributed by atoms with Crippen LogP contribution in [0.2, 0.25) is 0 Å². The molecule has 3 N–H and O–H groups in total. The molecule has 0 heterocycles. The number of aliphatic hydroxyl groups is 1. The average molecular weight is 1520 g/mol. The number of phosphoric acid groups is 2. The van der Waals surface area contributed by atoms with Crippen molar-refractivity contribution in [2.75, 3.05) is 39.6 Å². The van der Waals surface area contributed by atoms with Gasteiger partial charge in [0.25, 0.3) is 0 Å². The number of ether oxygens (including phenoxy) is 4. The predicted molar refractivity (Wildman–Crippen MR) is 428 cm³/mol. The van der Waals surface area contributed by atoms with E-state index in [4.69, 9.17) is 37.0 Å². The Morgan fingerprint density at radius 1 is 0.269 bits per heavy atom. The second-order valence-electron chi connectivity index (χ2n) is 32.2. The maximum atomic E-state index is 13.1. The Morgan fingerprint density at radius 2 is 0.462 bits per heavy atom. The number of hydrogen-bond acceptors (Lipinski definition) is 15. The first-order chi connectivity index (χ1) is 50.1. The molecule has 4 unspecified atom stereocenters. The first-order valence-corrected chi connectivity index (χ1v) is 46.7. The van der Waals surface area contributed by atoms with Crippen LogP contribution in [0.15, 0.2) is 0 Å². The molecule has 0 aliphatic carbocycles. The molecular formula is C85H166O17P2. The van der Waals surface area contributed by atoms with Gasteiger partial charge in [-0.05, 0) is 49.4 Å². The fourth-order valence-corrected chi connectivity index (χ4v) is 14.7. The van der Waals surface area contributed by atoms with Gasteiger partial charge in [0.1, 0.15) is 19.3 Å². The fourth-order valence-electron chi connectivity index (χ4n) is 13.1. The number of esters is 4. The van der Waals surface area contributed by atoms with Crippen LogP contribution in [0.1, 0.15) is 441 Å². The van der Waals surface area contributed by atoms with E-state index < -0.39 is 97.5 Å². The zero-order valence-electron chi connectivity index (χ0n) is 68.7. The van der Waals surface area contributed by atoms with Crippen LogP contribution in [0, 0.1) is 23.7 Å². The smallest absolute Gasteiger partial charge is 0.462 e. The number of aliphatic hydroxyl groups excluding tert-OH is 1. The Labute approximate surface area is 638 Å². The van der Waals surface area contributed by atoms with Gasteiger partial charge < -0.3 is 33.8 Å². The van der Waals surface area contributed by atoms with E-state index in [0.29, 0.717) is 31.6 Å². The highest BCUT2D eigenvalue weighted by atomic mass is 31.2. The Morgan fingerprint density at radius 3 is 0.683 bits per heavy atom. The second kappa shape index (κ2) is 73.8. The largest absolute Gasteiger partial charge is 0.472 e. The van der Waals surface area contributed by atoms with Crippen molar-refractivity contribution in [2.24, 2.45) is 23.7 Å². The summed E-state index contributed by atoms with van der Waals surface area (Å²) in [5, 5.41) is 10.7. The number of carbonyl (C=O) groups is 4. The molecule has 104 heavy (non-hydrogen) atoms. The van der Waals surface area contributed by atoms with E-state index in [1.54, 1.807) is 0 Å². The van der Waals surface area contributed by atoms with Crippen LogP contribution in [0.25, 0.3) is 0 Å². The molecule has 6 atom stereocenters. The van der Waals surface area contributed by atoms with E-state index in [-0.39, 0.29) is 25.7 Å². The fraction of sp³-hybridized carbons (Fsp3) is 0.953. The topological polar surface area (TPSA) is 237 Å². The van der Waals surface area contributed by atoms with Crippen LogP contribution in [0.3, 0.4) is 0 Å². The van der Waals surface area contributed by atoms with Crippen LogP contribution in [-0.2, 0) is 65.4 Å². The predicted octanol–water partition coefficient (Wildman–Crippen LogP) is 25.6. The number of hydrogen-bond donors (Lipinski definition) is 3. The van der Waals surface area contributed by atoms with Gasteiger partial charge in [0.2, 0.25) is 0 Å². The molecule has 0 rings (SSSR count). The summed E-state index contributed by atoms with van der Waals surface area (Å²) in [6, 6.07) is 0. The molecule has 0 amide bonds. The highest BCUT2D eigenvalue weighted by molar-refractivity contribution is 7.47. The highest BCUT2D eigenvalue weighted by Crippen LogP contribution is 2.45. The third kappa shape index (κ3) is 76.8. The molecule has 0 aliphatic rings. The maximum Gasteiger partial charge on any atom is 0.472 e. The Hall–Kier alpha value is -1.94. The van der Waals surface area contributed by atoms with Crippen molar-refractivity contribution in [3.05, 3.63) is 0 Å². The van der Waals surface area contributed by atoms with Gasteiger partial charge in [-0.2, -0.15) is 0 Å². The summed E-state index contributed by atoms with van der Waals surface area (Å²) in [7, 11) is -9.93. The second-order valence-corrected chi connectivity index (χ2v) is 35.2. The van der Waals surface area contributed by atoms with Gasteiger partial charge in [-0.15, -0.1) is 0 Å². The van der Waals surface area contributed by atoms with Gasteiger partial charge in [-0.1, -0.05) is 389 Å². The lowest BCUT2D eigenvalue weighted by atomic mass is 9.99. The summed E-state index contributed by atoms with van der Waals surface area (Å²) in [5.74, 6) is 1.04. The lowest BCUT2D eigenvalue weighted by Gasteiger charge is -2.21. The quantitative estimate of drug-likeness (QED) is 0.0222. The van der Waals surface area contributed by atoms with Crippen LogP contribution < -0.4 is 0 Å². The van der Waals surface area contributed by atoms with Gasteiger partial charge in [-0.3, -0.25) is 37.3 Å². The van der Waals surface area contributed by atoms with E-state index in [2.05, 4.69) is 55.4 Å². The van der Waals surface area contributed by atoms with E-state index in [1.807, 2.05) is 0 Å². The van der Waals surface area contributed by atoms with Crippen LogP contribution in [0.4, 0.5) is 0 Å². The summed E-state index contributed by atoms with van der Waals surface area (Å²) >= 11 is 0. The number of carbonyl (C=O) groups excluding carboxylic acids is 4. The molecule has 0 saturated heterocycles. The van der Waals surface area contributed by atoms with Crippen molar-refractivity contribution in [3.8, 4) is 0 Å². The molecule has 0 bridgehead atoms. The minimum atomic E-state index is -4.96. The van der Waals surface area contributed by atoms with Gasteiger partial charge in [0.05, 0.1) is 26.4 Å². The third-order valence-electron chi connectivity index (χ3n) is 20.2. The van der Waals surface area contributed by atoms with Crippen LogP contribution in [-0.4, -0.2) is 96.7 Å². The van der Waals surface area contributed by atoms with Crippen molar-refractivity contribution in [1.29, 1.82) is 0 Å². The summed E-state index contributed by atoms with van der Waals surface area (Å²) in [5.41, 5.74) is 0. The average Bonchev–Trinajstić information content (AvgIpc) is 0.903. The molecule has 19 heteroatoms. The Bertz CT molecular complexity index is 2030. The molecule has 0 saturated carbocycles. The lowest BCUT2D eigenvalue weighted by molar-refractivity contribution is -0.161. The van der Waals surface area contributed by atoms with Crippen molar-refractivity contribution >= 4 is 39.5 Å². The number of phosphoric ester groups is 2. The van der Waals surface area contributed by atoms with Gasteiger partial charge in [0.15, 0.2) is 12.2 Å². The molecule has 0 aromatic rings. The van der Waals surface area contributed by atoms with Crippen molar-refractivity contribution < 1.29 is 80.2 Å². The third-order valence-corrected chi connectivity index (χ3v) is 22.1. The van der Waals surface area contributed by atoms with E-state index in [0.717, 1.165) is 114 Å². The molecule has 618 valence electrons. The first-order valence-electron chi connectivity index (χ1n) is 43.7. The summed E-state index contributed by atoms with van der Waals surface area (Å²) in [6.45, 7) is 14.3. The summed E-state index contributed by atoms with van der Waals surface area (Å²) in [4.78, 5) is 73.1. The number of rotatable bonds is 82. The Balaban J connectivity index is 5.19. The molecule has 0 radical (unpaired) electrons. The summed E-state index contributed by atoms with van der Waals surface area (Å²) < 4.78 is 68.8. The normalized spacial score (nSPS) is 14.2.